The Balaban J connectivity index is 1.69. The van der Waals surface area contributed by atoms with Crippen molar-refractivity contribution in [3.8, 4) is 5.75 Å². The number of unbranched alkanes of at least 4 members (excludes halogenated alkanes) is 4. The van der Waals surface area contributed by atoms with Gasteiger partial charge in [0, 0.05) is 26.0 Å². The van der Waals surface area contributed by atoms with Gasteiger partial charge in [0.1, 0.15) is 24.2 Å². The highest BCUT2D eigenvalue weighted by Gasteiger charge is 2.41. The van der Waals surface area contributed by atoms with Crippen LogP contribution in [0.25, 0.3) is 0 Å². The number of phosphoric acid groups is 1. The van der Waals surface area contributed by atoms with Gasteiger partial charge in [-0.15, -0.1) is 0 Å². The van der Waals surface area contributed by atoms with Crippen LogP contribution in [0, 0.1) is 5.92 Å². The first-order chi connectivity index (χ1) is 16.8. The zero-order chi connectivity index (χ0) is 25.7. The predicted octanol–water partition coefficient (Wildman–Crippen LogP) is 5.81. The first kappa shape index (κ1) is 29.3. The van der Waals surface area contributed by atoms with Gasteiger partial charge in [-0.2, -0.15) is 0 Å². The number of nitrogens with one attached hydrogen (secondary N) is 1. The third kappa shape index (κ3) is 10.7. The van der Waals surface area contributed by atoms with Crippen LogP contribution in [0.1, 0.15) is 71.3 Å². The molecule has 1 fully saturated rings. The largest absolute Gasteiger partial charge is 0.530 e. The van der Waals surface area contributed by atoms with E-state index in [1.54, 1.807) is 31.2 Å². The van der Waals surface area contributed by atoms with Gasteiger partial charge in [0.2, 0.25) is 0 Å². The van der Waals surface area contributed by atoms with E-state index in [1.807, 2.05) is 13.8 Å². The minimum absolute atomic E-state index is 0.0791. The highest BCUT2D eigenvalue weighted by atomic mass is 31.2. The second-order valence-corrected chi connectivity index (χ2v) is 10.6. The van der Waals surface area contributed by atoms with Crippen LogP contribution in [0.4, 0.5) is 4.79 Å². The minimum atomic E-state index is -3.83. The second kappa shape index (κ2) is 15.2. The molecular weight excluding hydrogens is 473 g/mol. The topological polar surface area (TPSA) is 109 Å². The molecule has 10 heteroatoms. The van der Waals surface area contributed by atoms with Gasteiger partial charge in [-0.1, -0.05) is 45.2 Å². The van der Waals surface area contributed by atoms with E-state index < -0.39 is 13.9 Å². The van der Waals surface area contributed by atoms with Crippen molar-refractivity contribution in [2.24, 2.45) is 5.92 Å². The predicted molar refractivity (Wildman–Crippen MR) is 132 cm³/mol. The normalized spacial score (nSPS) is 21.3. The van der Waals surface area contributed by atoms with Gasteiger partial charge < -0.3 is 24.1 Å². The molecule has 3 unspecified atom stereocenters. The summed E-state index contributed by atoms with van der Waals surface area (Å²) < 4.78 is 40.4. The van der Waals surface area contributed by atoms with Crippen LogP contribution < -0.4 is 9.84 Å². The Morgan fingerprint density at radius 2 is 1.80 bits per heavy atom. The van der Waals surface area contributed by atoms with Crippen molar-refractivity contribution in [1.29, 1.82) is 0 Å². The van der Waals surface area contributed by atoms with Gasteiger partial charge in [-0.05, 0) is 43.9 Å². The maximum Gasteiger partial charge on any atom is 0.530 e. The molecule has 1 aliphatic rings. The quantitative estimate of drug-likeness (QED) is 0.218. The summed E-state index contributed by atoms with van der Waals surface area (Å²) in [6, 6.07) is 6.70. The van der Waals surface area contributed by atoms with Crippen LogP contribution >= 0.6 is 7.82 Å². The number of rotatable bonds is 16. The Morgan fingerprint density at radius 3 is 2.46 bits per heavy atom. The molecule has 0 saturated carbocycles. The van der Waals surface area contributed by atoms with Crippen LogP contribution in [0.5, 0.6) is 5.75 Å². The average molecular weight is 514 g/mol. The number of Topliss-reactive ketones (excluding diaryl/α,β-unsaturated/α-hetero) is 1. The number of amides is 1. The van der Waals surface area contributed by atoms with Crippen molar-refractivity contribution in [1.82, 2.24) is 5.32 Å². The smallest absolute Gasteiger partial charge is 0.445 e. The lowest BCUT2D eigenvalue weighted by molar-refractivity contribution is -0.117. The minimum Gasteiger partial charge on any atom is -0.445 e. The number of carbonyl (C=O) groups is 2. The first-order valence-electron chi connectivity index (χ1n) is 12.4. The molecule has 2 rings (SSSR count). The Morgan fingerprint density at radius 1 is 1.11 bits per heavy atom. The monoisotopic (exact) mass is 513 g/mol. The summed E-state index contributed by atoms with van der Waals surface area (Å²) >= 11 is 0. The molecule has 1 aliphatic heterocycles. The highest BCUT2D eigenvalue weighted by Crippen LogP contribution is 2.52. The van der Waals surface area contributed by atoms with E-state index in [0.717, 1.165) is 44.1 Å². The number of phosphoric ester groups is 1. The van der Waals surface area contributed by atoms with Gasteiger partial charge in [0.05, 0.1) is 12.7 Å². The standard InChI is InChI=1S/C25H40NO8P/c1-5-23-24(19(2)17-31-23)34-35(29,30-4)33-22-14-12-21(13-15-22)18-32-25(28)26-16-10-8-6-7-9-11-20(3)27/h12-15,19,23-24H,5-11,16-18H2,1-4H3,(H,26,28)/t19?,23-,24?,35?/m1/s1. The summed E-state index contributed by atoms with van der Waals surface area (Å²) in [7, 11) is -2.54. The lowest BCUT2D eigenvalue weighted by Gasteiger charge is -2.25. The number of alkyl carbamates (subject to hydrolysis) is 1. The van der Waals surface area contributed by atoms with E-state index in [4.69, 9.17) is 23.0 Å². The summed E-state index contributed by atoms with van der Waals surface area (Å²) in [6.07, 6.45) is 5.26. The summed E-state index contributed by atoms with van der Waals surface area (Å²) in [5.74, 6) is 0.636. The summed E-state index contributed by atoms with van der Waals surface area (Å²) in [4.78, 5) is 22.8. The molecule has 0 bridgehead atoms. The van der Waals surface area contributed by atoms with Gasteiger partial charge in [0.15, 0.2) is 0 Å². The van der Waals surface area contributed by atoms with Crippen molar-refractivity contribution in [3.05, 3.63) is 29.8 Å². The molecule has 1 saturated heterocycles. The maximum absolute atomic E-state index is 13.0. The fraction of sp³-hybridized carbons (Fsp3) is 0.680. The third-order valence-corrected chi connectivity index (χ3v) is 7.25. The van der Waals surface area contributed by atoms with Crippen molar-refractivity contribution in [3.63, 3.8) is 0 Å². The zero-order valence-corrected chi connectivity index (χ0v) is 22.2. The molecule has 1 aromatic rings. The van der Waals surface area contributed by atoms with Crippen LogP contribution in [-0.4, -0.2) is 44.3 Å². The fourth-order valence-electron chi connectivity index (χ4n) is 3.80. The molecule has 1 amide bonds. The molecule has 1 N–H and O–H groups in total. The molecule has 9 nitrogen and oxygen atoms in total. The molecular formula is C25H40NO8P. The molecule has 0 aromatic heterocycles. The van der Waals surface area contributed by atoms with Crippen LogP contribution in [-0.2, 0) is 34.5 Å². The van der Waals surface area contributed by atoms with Crippen molar-refractivity contribution < 1.29 is 37.2 Å². The van der Waals surface area contributed by atoms with E-state index in [9.17, 15) is 14.2 Å². The van der Waals surface area contributed by atoms with E-state index in [1.165, 1.54) is 7.11 Å². The number of hydrogen-bond acceptors (Lipinski definition) is 8. The molecule has 0 radical (unpaired) electrons. The molecule has 0 aliphatic carbocycles. The first-order valence-corrected chi connectivity index (χ1v) is 13.9. The van der Waals surface area contributed by atoms with Crippen LogP contribution in [0.2, 0.25) is 0 Å². The highest BCUT2D eigenvalue weighted by molar-refractivity contribution is 7.48. The van der Waals surface area contributed by atoms with Crippen molar-refractivity contribution in [2.75, 3.05) is 20.3 Å². The van der Waals surface area contributed by atoms with Crippen molar-refractivity contribution in [2.45, 2.75) is 84.5 Å². The number of ketones is 1. The molecule has 0 spiro atoms. The van der Waals surface area contributed by atoms with E-state index in [2.05, 4.69) is 5.32 Å². The maximum atomic E-state index is 13.0. The lowest BCUT2D eigenvalue weighted by atomic mass is 10.0. The van der Waals surface area contributed by atoms with Crippen LogP contribution in [0.3, 0.4) is 0 Å². The Labute approximate surface area is 208 Å². The van der Waals surface area contributed by atoms with E-state index in [0.29, 0.717) is 25.3 Å². The molecule has 1 aromatic carbocycles. The summed E-state index contributed by atoms with van der Waals surface area (Å²) in [5, 5.41) is 2.74. The third-order valence-electron chi connectivity index (χ3n) is 5.86. The van der Waals surface area contributed by atoms with Gasteiger partial charge in [-0.25, -0.2) is 9.36 Å². The summed E-state index contributed by atoms with van der Waals surface area (Å²) in [6.45, 7) is 6.77. The average Bonchev–Trinajstić information content (AvgIpc) is 3.18. The van der Waals surface area contributed by atoms with E-state index in [-0.39, 0.29) is 30.5 Å². The number of carbonyl (C=O) groups excluding carboxylic acids is 2. The number of benzene rings is 1. The molecule has 1 heterocycles. The van der Waals surface area contributed by atoms with Crippen molar-refractivity contribution >= 4 is 19.7 Å². The van der Waals surface area contributed by atoms with E-state index >= 15 is 0 Å². The molecule has 4 atom stereocenters. The second-order valence-electron chi connectivity index (χ2n) is 8.92. The van der Waals surface area contributed by atoms with Crippen LogP contribution in [0.15, 0.2) is 24.3 Å². The fourth-order valence-corrected chi connectivity index (χ4v) is 5.02. The Kier molecular flexibility index (Phi) is 12.8. The van der Waals surface area contributed by atoms with Gasteiger partial charge >= 0.3 is 13.9 Å². The Bertz CT molecular complexity index is 831. The molecule has 198 valence electrons. The lowest BCUT2D eigenvalue weighted by Crippen LogP contribution is -2.28. The number of ether oxygens (including phenoxy) is 2. The van der Waals surface area contributed by atoms with Gasteiger partial charge in [0.25, 0.3) is 0 Å². The SMILES string of the molecule is CC[C@H]1OCC(C)C1OP(=O)(OC)Oc1ccc(COC(=O)NCCCCCCCC(C)=O)cc1. The van der Waals surface area contributed by atoms with Gasteiger partial charge in [-0.3, -0.25) is 9.05 Å². The summed E-state index contributed by atoms with van der Waals surface area (Å²) in [5.41, 5.74) is 0.759. The zero-order valence-electron chi connectivity index (χ0n) is 21.3. The molecule has 35 heavy (non-hydrogen) atoms. The number of hydrogen-bond donors (Lipinski definition) is 1. The Hall–Kier alpha value is -1.93.